The summed E-state index contributed by atoms with van der Waals surface area (Å²) in [5.74, 6) is 1.10. The third kappa shape index (κ3) is 4.16. The van der Waals surface area contributed by atoms with Gasteiger partial charge in [-0.05, 0) is 36.6 Å². The maximum atomic E-state index is 13.0. The Kier molecular flexibility index (Phi) is 5.27. The van der Waals surface area contributed by atoms with Gasteiger partial charge < -0.3 is 10.2 Å². The second kappa shape index (κ2) is 8.16. The van der Waals surface area contributed by atoms with Crippen LogP contribution in [0.25, 0.3) is 5.82 Å². The van der Waals surface area contributed by atoms with E-state index < -0.39 is 0 Å². The van der Waals surface area contributed by atoms with Gasteiger partial charge in [-0.1, -0.05) is 12.1 Å². The number of nitrogens with zero attached hydrogens (tertiary/aromatic N) is 5. The van der Waals surface area contributed by atoms with Crippen molar-refractivity contribution in [2.45, 2.75) is 19.4 Å². The van der Waals surface area contributed by atoms with E-state index in [9.17, 15) is 9.18 Å². The number of benzene rings is 1. The van der Waals surface area contributed by atoms with Gasteiger partial charge in [0, 0.05) is 38.1 Å². The van der Waals surface area contributed by atoms with Gasteiger partial charge in [0.1, 0.15) is 18.0 Å². The quantitative estimate of drug-likeness (QED) is 0.735. The summed E-state index contributed by atoms with van der Waals surface area (Å²) in [4.78, 5) is 23.4. The molecule has 1 amide bonds. The molecule has 3 aromatic rings. The molecule has 3 heterocycles. The predicted octanol–water partition coefficient (Wildman–Crippen LogP) is 2.33. The molecule has 0 aliphatic carbocycles. The molecule has 1 atom stereocenters. The van der Waals surface area contributed by atoms with Crippen LogP contribution in [-0.4, -0.2) is 38.7 Å². The van der Waals surface area contributed by atoms with E-state index in [0.717, 1.165) is 30.8 Å². The fourth-order valence-electron chi connectivity index (χ4n) is 3.37. The van der Waals surface area contributed by atoms with E-state index in [0.29, 0.717) is 18.9 Å². The highest BCUT2D eigenvalue weighted by atomic mass is 19.1. The number of halogens is 1. The fourth-order valence-corrected chi connectivity index (χ4v) is 3.37. The summed E-state index contributed by atoms with van der Waals surface area (Å²) in [7, 11) is 0. The van der Waals surface area contributed by atoms with Gasteiger partial charge in [0.05, 0.1) is 5.92 Å². The molecule has 1 aliphatic heterocycles. The molecule has 4 rings (SSSR count). The van der Waals surface area contributed by atoms with Gasteiger partial charge in [-0.25, -0.2) is 19.0 Å². The minimum atomic E-state index is -0.280. The molecule has 8 heteroatoms. The van der Waals surface area contributed by atoms with E-state index in [2.05, 4.69) is 25.3 Å². The minimum Gasteiger partial charge on any atom is -0.356 e. The van der Waals surface area contributed by atoms with E-state index in [4.69, 9.17) is 0 Å². The monoisotopic (exact) mass is 380 g/mol. The van der Waals surface area contributed by atoms with Crippen LogP contribution < -0.4 is 10.2 Å². The summed E-state index contributed by atoms with van der Waals surface area (Å²) in [6.45, 7) is 1.84. The Labute approximate surface area is 162 Å². The molecule has 0 bridgehead atoms. The van der Waals surface area contributed by atoms with Crippen molar-refractivity contribution in [1.82, 2.24) is 25.1 Å². The molecule has 28 heavy (non-hydrogen) atoms. The lowest BCUT2D eigenvalue weighted by Crippen LogP contribution is -2.43. The summed E-state index contributed by atoms with van der Waals surface area (Å²) in [5, 5.41) is 7.15. The molecule has 0 saturated carbocycles. The zero-order valence-electron chi connectivity index (χ0n) is 15.3. The second-order valence-electron chi connectivity index (χ2n) is 6.81. The van der Waals surface area contributed by atoms with Crippen LogP contribution in [0.4, 0.5) is 10.2 Å². The van der Waals surface area contributed by atoms with Crippen LogP contribution >= 0.6 is 0 Å². The number of aromatic nitrogens is 4. The predicted molar refractivity (Wildman–Crippen MR) is 102 cm³/mol. The molecule has 1 saturated heterocycles. The lowest BCUT2D eigenvalue weighted by atomic mass is 9.97. The maximum absolute atomic E-state index is 13.0. The SMILES string of the molecule is O=C(NCc1ccc(F)cc1)C1CCCN(c2cc(-n3cccn3)ncn2)C1. The Balaban J connectivity index is 1.39. The van der Waals surface area contributed by atoms with Crippen molar-refractivity contribution in [3.63, 3.8) is 0 Å². The Morgan fingerprint density at radius 3 is 2.82 bits per heavy atom. The van der Waals surface area contributed by atoms with Crippen LogP contribution in [0.15, 0.2) is 55.1 Å². The number of anilines is 1. The molecule has 1 unspecified atom stereocenters. The highest BCUT2D eigenvalue weighted by Crippen LogP contribution is 2.22. The van der Waals surface area contributed by atoms with E-state index in [1.54, 1.807) is 23.0 Å². The summed E-state index contributed by atoms with van der Waals surface area (Å²) in [6.07, 6.45) is 6.79. The Morgan fingerprint density at radius 2 is 2.04 bits per heavy atom. The summed E-state index contributed by atoms with van der Waals surface area (Å²) in [5.41, 5.74) is 0.877. The van der Waals surface area contributed by atoms with Crippen LogP contribution in [0.5, 0.6) is 0 Å². The summed E-state index contributed by atoms with van der Waals surface area (Å²) >= 11 is 0. The minimum absolute atomic E-state index is 0.00961. The zero-order chi connectivity index (χ0) is 19.3. The van der Waals surface area contributed by atoms with Gasteiger partial charge >= 0.3 is 0 Å². The van der Waals surface area contributed by atoms with Crippen molar-refractivity contribution in [1.29, 1.82) is 0 Å². The zero-order valence-corrected chi connectivity index (χ0v) is 15.3. The highest BCUT2D eigenvalue weighted by Gasteiger charge is 2.26. The first-order valence-electron chi connectivity index (χ1n) is 9.28. The van der Waals surface area contributed by atoms with Crippen molar-refractivity contribution >= 4 is 11.7 Å². The molecule has 0 radical (unpaired) electrons. The Morgan fingerprint density at radius 1 is 1.21 bits per heavy atom. The van der Waals surface area contributed by atoms with E-state index in [-0.39, 0.29) is 17.6 Å². The molecule has 1 fully saturated rings. The molecule has 1 N–H and O–H groups in total. The molecule has 0 spiro atoms. The Bertz CT molecular complexity index is 928. The normalized spacial score (nSPS) is 16.8. The van der Waals surface area contributed by atoms with Crippen LogP contribution in [-0.2, 0) is 11.3 Å². The van der Waals surface area contributed by atoms with E-state index >= 15 is 0 Å². The first-order chi connectivity index (χ1) is 13.7. The average Bonchev–Trinajstić information content (AvgIpc) is 3.28. The van der Waals surface area contributed by atoms with Gasteiger partial charge in [0.25, 0.3) is 0 Å². The van der Waals surface area contributed by atoms with Gasteiger partial charge in [-0.3, -0.25) is 4.79 Å². The molecule has 144 valence electrons. The van der Waals surface area contributed by atoms with Crippen molar-refractivity contribution < 1.29 is 9.18 Å². The molecular weight excluding hydrogens is 359 g/mol. The first kappa shape index (κ1) is 18.1. The van der Waals surface area contributed by atoms with Gasteiger partial charge in [-0.2, -0.15) is 5.10 Å². The maximum Gasteiger partial charge on any atom is 0.225 e. The first-order valence-corrected chi connectivity index (χ1v) is 9.28. The topological polar surface area (TPSA) is 75.9 Å². The second-order valence-corrected chi connectivity index (χ2v) is 6.81. The van der Waals surface area contributed by atoms with Crippen LogP contribution in [0.1, 0.15) is 18.4 Å². The van der Waals surface area contributed by atoms with Gasteiger partial charge in [0.2, 0.25) is 5.91 Å². The number of piperidine rings is 1. The molecule has 7 nitrogen and oxygen atoms in total. The molecule has 2 aromatic heterocycles. The lowest BCUT2D eigenvalue weighted by molar-refractivity contribution is -0.125. The van der Waals surface area contributed by atoms with E-state index in [1.165, 1.54) is 18.5 Å². The molecular formula is C20H21FN6O. The molecule has 1 aromatic carbocycles. The van der Waals surface area contributed by atoms with Crippen LogP contribution in [0, 0.1) is 11.7 Å². The summed E-state index contributed by atoms with van der Waals surface area (Å²) in [6, 6.07) is 9.88. The molecule has 1 aliphatic rings. The largest absolute Gasteiger partial charge is 0.356 e. The van der Waals surface area contributed by atoms with Crippen LogP contribution in [0.3, 0.4) is 0 Å². The average molecular weight is 380 g/mol. The lowest BCUT2D eigenvalue weighted by Gasteiger charge is -2.32. The fraction of sp³-hybridized carbons (Fsp3) is 0.300. The number of hydrogen-bond donors (Lipinski definition) is 1. The van der Waals surface area contributed by atoms with Crippen molar-refractivity contribution in [2.75, 3.05) is 18.0 Å². The van der Waals surface area contributed by atoms with Crippen molar-refractivity contribution in [3.8, 4) is 5.82 Å². The number of hydrogen-bond acceptors (Lipinski definition) is 5. The van der Waals surface area contributed by atoms with Crippen molar-refractivity contribution in [3.05, 3.63) is 66.5 Å². The standard InChI is InChI=1S/C20H21FN6O/c21-17-6-4-15(5-7-17)12-22-20(28)16-3-1-9-26(13-16)18-11-19(24-14-23-18)27-10-2-8-25-27/h2,4-8,10-11,14,16H,1,3,9,12-13H2,(H,22,28). The van der Waals surface area contributed by atoms with E-state index in [1.807, 2.05) is 18.3 Å². The number of carbonyl (C=O) groups is 1. The number of nitrogens with one attached hydrogen (secondary N) is 1. The Hall–Kier alpha value is -3.29. The number of carbonyl (C=O) groups excluding carboxylic acids is 1. The van der Waals surface area contributed by atoms with Gasteiger partial charge in [-0.15, -0.1) is 0 Å². The smallest absolute Gasteiger partial charge is 0.225 e. The van der Waals surface area contributed by atoms with Crippen LogP contribution in [0.2, 0.25) is 0 Å². The summed E-state index contributed by atoms with van der Waals surface area (Å²) < 4.78 is 14.7. The number of rotatable bonds is 5. The highest BCUT2D eigenvalue weighted by molar-refractivity contribution is 5.79. The third-order valence-corrected chi connectivity index (χ3v) is 4.87. The van der Waals surface area contributed by atoms with Gasteiger partial charge in [0.15, 0.2) is 5.82 Å². The van der Waals surface area contributed by atoms with Crippen molar-refractivity contribution in [2.24, 2.45) is 5.92 Å². The third-order valence-electron chi connectivity index (χ3n) is 4.87. The number of amides is 1.